The molecular formula is C21H18N4O8S2. The fourth-order valence-electron chi connectivity index (χ4n) is 3.47. The van der Waals surface area contributed by atoms with Crippen molar-refractivity contribution in [2.24, 2.45) is 5.10 Å². The normalized spacial score (nSPS) is 15.7. The Morgan fingerprint density at radius 1 is 0.886 bits per heavy atom. The summed E-state index contributed by atoms with van der Waals surface area (Å²) in [6.07, 6.45) is 1.32. The summed E-state index contributed by atoms with van der Waals surface area (Å²) in [5, 5.41) is 7.90. The summed E-state index contributed by atoms with van der Waals surface area (Å²) < 4.78 is 65.4. The number of amides is 1. The van der Waals surface area contributed by atoms with Crippen LogP contribution in [-0.4, -0.2) is 47.3 Å². The zero-order chi connectivity index (χ0) is 25.7. The number of carbonyl (C=O) groups excluding carboxylic acids is 1. The highest BCUT2D eigenvalue weighted by Gasteiger charge is 2.30. The molecule has 0 fully saturated rings. The summed E-state index contributed by atoms with van der Waals surface area (Å²) >= 11 is 0. The van der Waals surface area contributed by atoms with Crippen molar-refractivity contribution in [1.82, 2.24) is 9.78 Å². The maximum atomic E-state index is 13.1. The number of anilines is 1. The standard InChI is InChI=1S/C21H18N4O8S2/c1-12-18(20(26)24(22-12)14-5-3-7-16(9-14)34(28,29)30)11-19-13(2)23-25(21(19)27)15-6-4-8-17(10-15)35(31,32)33/h3-11,22H,1-2H3,(H,28,29,30)(H,31,32,33)/b19-11+. The topological polar surface area (TPSA) is 179 Å². The van der Waals surface area contributed by atoms with Crippen LogP contribution in [0.25, 0.3) is 11.8 Å². The van der Waals surface area contributed by atoms with Crippen molar-refractivity contribution in [3.63, 3.8) is 0 Å². The van der Waals surface area contributed by atoms with E-state index in [9.17, 15) is 35.5 Å². The molecule has 0 spiro atoms. The van der Waals surface area contributed by atoms with Gasteiger partial charge in [0.1, 0.15) is 0 Å². The van der Waals surface area contributed by atoms with Gasteiger partial charge in [-0.2, -0.15) is 26.9 Å². The van der Waals surface area contributed by atoms with E-state index in [2.05, 4.69) is 10.2 Å². The van der Waals surface area contributed by atoms with Crippen molar-refractivity contribution in [1.29, 1.82) is 0 Å². The molecule has 0 atom stereocenters. The number of hydrazone groups is 1. The Bertz CT molecular complexity index is 1710. The maximum absolute atomic E-state index is 13.1. The number of nitrogens with zero attached hydrogens (tertiary/aromatic N) is 3. The van der Waals surface area contributed by atoms with Crippen LogP contribution < -0.4 is 10.6 Å². The van der Waals surface area contributed by atoms with Crippen molar-refractivity contribution in [2.45, 2.75) is 23.6 Å². The van der Waals surface area contributed by atoms with E-state index >= 15 is 0 Å². The van der Waals surface area contributed by atoms with Gasteiger partial charge in [0.05, 0.1) is 38.0 Å². The highest BCUT2D eigenvalue weighted by atomic mass is 32.2. The van der Waals surface area contributed by atoms with Gasteiger partial charge in [-0.1, -0.05) is 12.1 Å². The zero-order valence-corrected chi connectivity index (χ0v) is 19.8. The van der Waals surface area contributed by atoms with Gasteiger partial charge in [0.15, 0.2) is 0 Å². The molecule has 0 bridgehead atoms. The summed E-state index contributed by atoms with van der Waals surface area (Å²) in [7, 11) is -8.99. The fraction of sp³-hybridized carbons (Fsp3) is 0.0952. The predicted octanol–water partition coefficient (Wildman–Crippen LogP) is 1.77. The molecule has 2 heterocycles. The minimum atomic E-state index is -4.50. The van der Waals surface area contributed by atoms with E-state index < -0.39 is 41.5 Å². The largest absolute Gasteiger partial charge is 0.295 e. The molecule has 3 N–H and O–H groups in total. The molecule has 1 aliphatic heterocycles. The molecule has 182 valence electrons. The van der Waals surface area contributed by atoms with E-state index in [4.69, 9.17) is 0 Å². The van der Waals surface area contributed by atoms with Gasteiger partial charge < -0.3 is 0 Å². The number of benzene rings is 2. The molecule has 35 heavy (non-hydrogen) atoms. The Morgan fingerprint density at radius 2 is 1.43 bits per heavy atom. The lowest BCUT2D eigenvalue weighted by Gasteiger charge is -2.12. The Labute approximate surface area is 199 Å². The summed E-state index contributed by atoms with van der Waals surface area (Å²) in [6.45, 7) is 3.11. The predicted molar refractivity (Wildman–Crippen MR) is 126 cm³/mol. The molecule has 12 nitrogen and oxygen atoms in total. The Balaban J connectivity index is 1.74. The van der Waals surface area contributed by atoms with Crippen LogP contribution in [0.3, 0.4) is 0 Å². The first kappa shape index (κ1) is 24.3. The summed E-state index contributed by atoms with van der Waals surface area (Å²) in [6, 6.07) is 10.1. The molecule has 0 saturated carbocycles. The van der Waals surface area contributed by atoms with Crippen LogP contribution in [0.2, 0.25) is 0 Å². The molecule has 0 saturated heterocycles. The highest BCUT2D eigenvalue weighted by molar-refractivity contribution is 7.86. The lowest BCUT2D eigenvalue weighted by atomic mass is 10.1. The third-order valence-corrected chi connectivity index (χ3v) is 6.90. The lowest BCUT2D eigenvalue weighted by Crippen LogP contribution is -2.22. The fourth-order valence-corrected chi connectivity index (χ4v) is 4.51. The third kappa shape index (κ3) is 4.59. The number of carbonyl (C=O) groups is 1. The van der Waals surface area contributed by atoms with Crippen LogP contribution in [0.1, 0.15) is 18.2 Å². The Hall–Kier alpha value is -3.85. The third-order valence-electron chi connectivity index (χ3n) is 5.20. The first-order chi connectivity index (χ1) is 16.3. The van der Waals surface area contributed by atoms with Crippen molar-refractivity contribution < 1.29 is 30.7 Å². The van der Waals surface area contributed by atoms with Crippen LogP contribution >= 0.6 is 0 Å². The van der Waals surface area contributed by atoms with Crippen LogP contribution in [0.15, 0.2) is 73.8 Å². The molecule has 2 aromatic carbocycles. The number of nitrogens with one attached hydrogen (secondary N) is 1. The van der Waals surface area contributed by atoms with Gasteiger partial charge in [0.25, 0.3) is 31.7 Å². The second kappa shape index (κ2) is 8.42. The summed E-state index contributed by atoms with van der Waals surface area (Å²) in [4.78, 5) is 25.3. The lowest BCUT2D eigenvalue weighted by molar-refractivity contribution is -0.114. The minimum absolute atomic E-state index is 0.0697. The van der Waals surface area contributed by atoms with Crippen molar-refractivity contribution in [3.8, 4) is 5.69 Å². The monoisotopic (exact) mass is 518 g/mol. The molecule has 3 aromatic rings. The molecule has 1 aromatic heterocycles. The number of aryl methyl sites for hydroxylation is 1. The Morgan fingerprint density at radius 3 is 2.00 bits per heavy atom. The number of aromatic amines is 1. The molecule has 1 aliphatic rings. The van der Waals surface area contributed by atoms with Gasteiger partial charge in [-0.15, -0.1) is 0 Å². The molecular weight excluding hydrogens is 500 g/mol. The van der Waals surface area contributed by atoms with E-state index in [1.165, 1.54) is 43.3 Å². The minimum Gasteiger partial charge on any atom is -0.295 e. The average molecular weight is 519 g/mol. The van der Waals surface area contributed by atoms with E-state index in [1.54, 1.807) is 6.92 Å². The SMILES string of the molecule is CC1=NN(c2cccc(S(=O)(=O)O)c2)C(=O)/C1=C/c1c(C)[nH]n(-c2cccc(S(=O)(=O)O)c2)c1=O. The van der Waals surface area contributed by atoms with E-state index in [0.29, 0.717) is 5.69 Å². The molecule has 0 unspecified atom stereocenters. The van der Waals surface area contributed by atoms with Crippen molar-refractivity contribution in [2.75, 3.05) is 5.01 Å². The van der Waals surface area contributed by atoms with Crippen molar-refractivity contribution >= 4 is 43.6 Å². The van der Waals surface area contributed by atoms with Gasteiger partial charge in [0.2, 0.25) is 0 Å². The second-order valence-corrected chi connectivity index (χ2v) is 10.4. The first-order valence-electron chi connectivity index (χ1n) is 9.86. The van der Waals surface area contributed by atoms with Crippen molar-refractivity contribution in [3.05, 3.63) is 75.7 Å². The quantitative estimate of drug-likeness (QED) is 0.338. The van der Waals surface area contributed by atoms with Gasteiger partial charge >= 0.3 is 0 Å². The van der Waals surface area contributed by atoms with E-state index in [-0.39, 0.29) is 28.2 Å². The number of hydrogen-bond acceptors (Lipinski definition) is 7. The average Bonchev–Trinajstić information content (AvgIpc) is 3.23. The van der Waals surface area contributed by atoms with Crippen LogP contribution in [0.5, 0.6) is 0 Å². The molecule has 14 heteroatoms. The van der Waals surface area contributed by atoms with Crippen LogP contribution in [0.4, 0.5) is 5.69 Å². The van der Waals surface area contributed by atoms with E-state index in [1.807, 2.05) is 0 Å². The van der Waals surface area contributed by atoms with Gasteiger partial charge in [-0.05, 0) is 56.3 Å². The first-order valence-corrected chi connectivity index (χ1v) is 12.7. The van der Waals surface area contributed by atoms with Crippen LogP contribution in [-0.2, 0) is 25.0 Å². The highest BCUT2D eigenvalue weighted by Crippen LogP contribution is 2.27. The maximum Gasteiger partial charge on any atom is 0.294 e. The number of hydrogen-bond donors (Lipinski definition) is 3. The van der Waals surface area contributed by atoms with Gasteiger partial charge in [0, 0.05) is 5.69 Å². The molecule has 1 amide bonds. The number of aromatic nitrogens is 2. The number of H-pyrrole nitrogens is 1. The summed E-state index contributed by atoms with van der Waals surface area (Å²) in [5.41, 5.74) is 0.450. The smallest absolute Gasteiger partial charge is 0.294 e. The second-order valence-electron chi connectivity index (χ2n) is 7.60. The van der Waals surface area contributed by atoms with E-state index in [0.717, 1.165) is 27.9 Å². The van der Waals surface area contributed by atoms with Gasteiger partial charge in [-0.3, -0.25) is 23.8 Å². The molecule has 4 rings (SSSR count). The Kier molecular flexibility index (Phi) is 5.84. The summed E-state index contributed by atoms with van der Waals surface area (Å²) in [5.74, 6) is -0.630. The zero-order valence-electron chi connectivity index (χ0n) is 18.2. The van der Waals surface area contributed by atoms with Gasteiger partial charge in [-0.25, -0.2) is 4.68 Å². The molecule has 0 aliphatic carbocycles. The molecule has 0 radical (unpaired) electrons. The number of rotatable bonds is 5. The van der Waals surface area contributed by atoms with Crippen LogP contribution in [0, 0.1) is 6.92 Å².